The van der Waals surface area contributed by atoms with Crippen LogP contribution in [0.1, 0.15) is 35.2 Å². The molecule has 1 atom stereocenters. The highest BCUT2D eigenvalue weighted by Crippen LogP contribution is 2.20. The zero-order chi connectivity index (χ0) is 15.5. The summed E-state index contributed by atoms with van der Waals surface area (Å²) in [7, 11) is 0. The number of nitrogens with zero attached hydrogens (tertiary/aromatic N) is 4. The number of carbonyl (C=O) groups excluding carboxylic acids is 1. The highest BCUT2D eigenvalue weighted by molar-refractivity contribution is 6.30. The van der Waals surface area contributed by atoms with Crippen molar-refractivity contribution in [2.75, 3.05) is 19.7 Å². The molecule has 7 nitrogen and oxygen atoms in total. The maximum Gasteiger partial charge on any atom is 0.272 e. The molecule has 0 aliphatic carbocycles. The van der Waals surface area contributed by atoms with Gasteiger partial charge in [-0.15, -0.1) is 0 Å². The van der Waals surface area contributed by atoms with Gasteiger partial charge in [0.1, 0.15) is 17.6 Å². The first-order valence-corrected chi connectivity index (χ1v) is 7.48. The van der Waals surface area contributed by atoms with E-state index < -0.39 is 0 Å². The second kappa shape index (κ2) is 6.41. The molecule has 22 heavy (non-hydrogen) atoms. The first-order valence-electron chi connectivity index (χ1n) is 7.11. The molecule has 0 aromatic carbocycles. The molecule has 1 aliphatic rings. The molecule has 0 saturated carbocycles. The van der Waals surface area contributed by atoms with Crippen molar-refractivity contribution in [1.29, 1.82) is 0 Å². The molecule has 1 unspecified atom stereocenters. The van der Waals surface area contributed by atoms with Gasteiger partial charge in [-0.05, 0) is 12.1 Å². The molecular formula is C14H16ClN5O2. The van der Waals surface area contributed by atoms with Gasteiger partial charge in [-0.2, -0.15) is 5.10 Å². The van der Waals surface area contributed by atoms with E-state index in [0.717, 1.165) is 12.2 Å². The molecule has 2 aromatic heterocycles. The minimum absolute atomic E-state index is 0.142. The first-order chi connectivity index (χ1) is 10.7. The van der Waals surface area contributed by atoms with Gasteiger partial charge in [0, 0.05) is 19.2 Å². The molecule has 1 saturated heterocycles. The van der Waals surface area contributed by atoms with E-state index in [-0.39, 0.29) is 12.0 Å². The van der Waals surface area contributed by atoms with Crippen molar-refractivity contribution in [3.05, 3.63) is 40.7 Å². The van der Waals surface area contributed by atoms with Crippen LogP contribution >= 0.6 is 11.6 Å². The Bertz CT molecular complexity index is 658. The number of ether oxygens (including phenoxy) is 1. The Balaban J connectivity index is 1.72. The quantitative estimate of drug-likeness (QED) is 0.928. The van der Waals surface area contributed by atoms with E-state index in [0.29, 0.717) is 36.2 Å². The summed E-state index contributed by atoms with van der Waals surface area (Å²) < 4.78 is 5.68. The van der Waals surface area contributed by atoms with Gasteiger partial charge in [-0.1, -0.05) is 18.5 Å². The number of carbonyl (C=O) groups is 1. The molecule has 1 N–H and O–H groups in total. The van der Waals surface area contributed by atoms with E-state index in [4.69, 9.17) is 16.3 Å². The topological polar surface area (TPSA) is 84.0 Å². The molecule has 3 heterocycles. The summed E-state index contributed by atoms with van der Waals surface area (Å²) in [6, 6.07) is 3.28. The summed E-state index contributed by atoms with van der Waals surface area (Å²) in [5.74, 6) is 1.25. The Morgan fingerprint density at radius 3 is 3.09 bits per heavy atom. The van der Waals surface area contributed by atoms with Gasteiger partial charge in [0.25, 0.3) is 5.91 Å². The first kappa shape index (κ1) is 14.9. The van der Waals surface area contributed by atoms with Crippen LogP contribution < -0.4 is 0 Å². The van der Waals surface area contributed by atoms with Crippen LogP contribution in [0.3, 0.4) is 0 Å². The Labute approximate surface area is 132 Å². The lowest BCUT2D eigenvalue weighted by Gasteiger charge is -2.31. The van der Waals surface area contributed by atoms with Crippen LogP contribution in [-0.2, 0) is 11.2 Å². The maximum absolute atomic E-state index is 12.5. The minimum Gasteiger partial charge on any atom is -0.366 e. The maximum atomic E-state index is 12.5. The Hall–Kier alpha value is -1.99. The molecule has 0 radical (unpaired) electrons. The predicted molar refractivity (Wildman–Crippen MR) is 79.6 cm³/mol. The number of amides is 1. The number of halogens is 1. The summed E-state index contributed by atoms with van der Waals surface area (Å²) in [4.78, 5) is 22.6. The van der Waals surface area contributed by atoms with Gasteiger partial charge in [0.05, 0.1) is 18.2 Å². The van der Waals surface area contributed by atoms with Crippen molar-refractivity contribution in [1.82, 2.24) is 25.1 Å². The third-order valence-electron chi connectivity index (χ3n) is 3.47. The molecule has 3 rings (SSSR count). The van der Waals surface area contributed by atoms with Crippen LogP contribution in [0.4, 0.5) is 0 Å². The van der Waals surface area contributed by atoms with Gasteiger partial charge < -0.3 is 9.64 Å². The van der Waals surface area contributed by atoms with Crippen molar-refractivity contribution in [2.45, 2.75) is 19.4 Å². The lowest BCUT2D eigenvalue weighted by atomic mass is 10.2. The Morgan fingerprint density at radius 1 is 1.55 bits per heavy atom. The summed E-state index contributed by atoms with van der Waals surface area (Å²) in [6.07, 6.45) is 1.92. The van der Waals surface area contributed by atoms with Gasteiger partial charge >= 0.3 is 0 Å². The van der Waals surface area contributed by atoms with Crippen molar-refractivity contribution >= 4 is 17.5 Å². The fraction of sp³-hybridized carbons (Fsp3) is 0.429. The number of H-pyrrole nitrogens is 1. The van der Waals surface area contributed by atoms with Crippen molar-refractivity contribution in [3.8, 4) is 0 Å². The van der Waals surface area contributed by atoms with Crippen LogP contribution in [-0.4, -0.2) is 50.7 Å². The van der Waals surface area contributed by atoms with Crippen LogP contribution in [0.2, 0.25) is 5.02 Å². The molecule has 1 amide bonds. The monoisotopic (exact) mass is 321 g/mol. The van der Waals surface area contributed by atoms with Gasteiger partial charge in [-0.25, -0.2) is 9.97 Å². The van der Waals surface area contributed by atoms with E-state index >= 15 is 0 Å². The highest BCUT2D eigenvalue weighted by atomic mass is 35.5. The van der Waals surface area contributed by atoms with Crippen LogP contribution in [0.5, 0.6) is 0 Å². The fourth-order valence-electron chi connectivity index (χ4n) is 2.27. The van der Waals surface area contributed by atoms with Crippen molar-refractivity contribution in [3.63, 3.8) is 0 Å². The summed E-state index contributed by atoms with van der Waals surface area (Å²) in [5, 5.41) is 7.52. The SMILES string of the molecule is CCc1nc(C2CN(C(=O)c3ccc(Cl)cn3)CCO2)n[nH]1. The number of morpholine rings is 1. The lowest BCUT2D eigenvalue weighted by molar-refractivity contribution is -0.0268. The van der Waals surface area contributed by atoms with E-state index in [1.165, 1.54) is 6.20 Å². The molecule has 0 bridgehead atoms. The van der Waals surface area contributed by atoms with E-state index in [1.807, 2.05) is 6.92 Å². The zero-order valence-corrected chi connectivity index (χ0v) is 12.9. The number of aromatic nitrogens is 4. The van der Waals surface area contributed by atoms with Gasteiger partial charge in [0.15, 0.2) is 5.82 Å². The number of aryl methyl sites for hydroxylation is 1. The van der Waals surface area contributed by atoms with Gasteiger partial charge in [0.2, 0.25) is 0 Å². The van der Waals surface area contributed by atoms with Gasteiger partial charge in [-0.3, -0.25) is 9.89 Å². The smallest absolute Gasteiger partial charge is 0.272 e. The van der Waals surface area contributed by atoms with Crippen LogP contribution in [0.25, 0.3) is 0 Å². The number of aromatic amines is 1. The summed E-state index contributed by atoms with van der Waals surface area (Å²) >= 11 is 5.79. The number of hydrogen-bond acceptors (Lipinski definition) is 5. The Kier molecular flexibility index (Phi) is 4.35. The molecule has 0 spiro atoms. The largest absolute Gasteiger partial charge is 0.366 e. The molecular weight excluding hydrogens is 306 g/mol. The number of nitrogens with one attached hydrogen (secondary N) is 1. The predicted octanol–water partition coefficient (Wildman–Crippen LogP) is 1.63. The molecule has 1 aliphatic heterocycles. The van der Waals surface area contributed by atoms with E-state index in [9.17, 15) is 4.79 Å². The zero-order valence-electron chi connectivity index (χ0n) is 12.1. The third-order valence-corrected chi connectivity index (χ3v) is 3.70. The molecule has 116 valence electrons. The second-order valence-electron chi connectivity index (χ2n) is 4.97. The fourth-order valence-corrected chi connectivity index (χ4v) is 2.38. The summed E-state index contributed by atoms with van der Waals surface area (Å²) in [5.41, 5.74) is 0.370. The van der Waals surface area contributed by atoms with Crippen LogP contribution in [0, 0.1) is 0 Å². The number of hydrogen-bond donors (Lipinski definition) is 1. The standard InChI is InChI=1S/C14H16ClN5O2/c1-2-12-17-13(19-18-12)11-8-20(5-6-22-11)14(21)10-4-3-9(15)7-16-10/h3-4,7,11H,2,5-6,8H2,1H3,(H,17,18,19). The average Bonchev–Trinajstić information content (AvgIpc) is 3.04. The lowest BCUT2D eigenvalue weighted by Crippen LogP contribution is -2.42. The number of rotatable bonds is 3. The van der Waals surface area contributed by atoms with Crippen molar-refractivity contribution < 1.29 is 9.53 Å². The average molecular weight is 322 g/mol. The van der Waals surface area contributed by atoms with E-state index in [2.05, 4.69) is 20.2 Å². The minimum atomic E-state index is -0.318. The molecule has 8 heteroatoms. The highest BCUT2D eigenvalue weighted by Gasteiger charge is 2.29. The second-order valence-corrected chi connectivity index (χ2v) is 5.40. The van der Waals surface area contributed by atoms with Crippen molar-refractivity contribution in [2.24, 2.45) is 0 Å². The molecule has 2 aromatic rings. The Morgan fingerprint density at radius 2 is 2.41 bits per heavy atom. The molecule has 1 fully saturated rings. The van der Waals surface area contributed by atoms with E-state index in [1.54, 1.807) is 17.0 Å². The normalized spacial score (nSPS) is 18.5. The number of pyridine rings is 1. The summed E-state index contributed by atoms with van der Waals surface area (Å²) in [6.45, 7) is 3.36. The van der Waals surface area contributed by atoms with Crippen LogP contribution in [0.15, 0.2) is 18.3 Å². The third kappa shape index (κ3) is 3.10.